The minimum Gasteiger partial charge on any atom is -0.508 e. The fourth-order valence-corrected chi connectivity index (χ4v) is 10.1. The number of halogens is 6. The van der Waals surface area contributed by atoms with Gasteiger partial charge in [0.05, 0.1) is 59.8 Å². The van der Waals surface area contributed by atoms with Crippen LogP contribution in [0.15, 0.2) is 92.9 Å². The predicted octanol–water partition coefficient (Wildman–Crippen LogP) is 6.02. The molecule has 0 bridgehead atoms. The molecule has 3 aromatic carbocycles. The number of allylic oxidation sites excluding steroid dienone is 2. The molecule has 22 heteroatoms. The third-order valence-corrected chi connectivity index (χ3v) is 13.3. The van der Waals surface area contributed by atoms with Crippen LogP contribution >= 0.6 is 34.8 Å². The maximum atomic E-state index is 15.4. The standard InChI is InChI=1S/C43H34Cl3F3N8O8/c1-53-32-18-34(65-3)33(64-2)17-30(32)51-29(38(53)60)11-12-54-40(62)55-13-10-25-31(57(55)41(54)63)16-26-37(59)56(52-36-28(46)14-21(19-50-36)43(47,48)49)39(61)42(26,20-4-6-22(44)7-5-20)35(25)24-9-8-23(58)15-27(24)45/h4-10,14-15,17-19,26,31,35,58H,11-13,16H2,1-3H3,(H,50,52). The lowest BCUT2D eigenvalue weighted by atomic mass is 9.53. The smallest absolute Gasteiger partial charge is 0.417 e. The van der Waals surface area contributed by atoms with Gasteiger partial charge in [0.2, 0.25) is 0 Å². The Morgan fingerprint density at radius 1 is 0.923 bits per heavy atom. The maximum Gasteiger partial charge on any atom is 0.417 e. The fourth-order valence-electron chi connectivity index (χ4n) is 9.47. The van der Waals surface area contributed by atoms with Crippen LogP contribution in [0, 0.1) is 5.92 Å². The molecule has 5 heterocycles. The number of anilines is 1. The SMILES string of the molecule is COc1cc2nc(CCn3c(=O)n4n(c3=O)C3CC5C(=O)N(Nc6ncc(C(F)(F)F)cc6Cl)C(=O)C5(c5ccc(Cl)cc5)C(c5ccc(O)cc5Cl)C3=CC4)c(=O)n(C)c2cc1OC. The molecule has 3 aliphatic rings. The summed E-state index contributed by atoms with van der Waals surface area (Å²) in [5.41, 5.74) is -0.569. The average Bonchev–Trinajstić information content (AvgIpc) is 3.64. The summed E-state index contributed by atoms with van der Waals surface area (Å²) in [6, 6.07) is 13.0. The van der Waals surface area contributed by atoms with E-state index in [1.54, 1.807) is 37.4 Å². The number of pyridine rings is 1. The van der Waals surface area contributed by atoms with Crippen LogP contribution in [0.25, 0.3) is 11.0 Å². The number of imide groups is 1. The van der Waals surface area contributed by atoms with Crippen LogP contribution in [0.5, 0.6) is 17.2 Å². The van der Waals surface area contributed by atoms with E-state index in [4.69, 9.17) is 44.3 Å². The second-order valence-corrected chi connectivity index (χ2v) is 16.9. The van der Waals surface area contributed by atoms with E-state index in [2.05, 4.69) is 15.4 Å². The number of alkyl halides is 3. The molecule has 2 amide bonds. The number of hydrazine groups is 1. The zero-order valence-electron chi connectivity index (χ0n) is 34.2. The van der Waals surface area contributed by atoms with E-state index < -0.39 is 74.6 Å². The van der Waals surface area contributed by atoms with E-state index in [1.807, 2.05) is 0 Å². The van der Waals surface area contributed by atoms with Gasteiger partial charge in [-0.25, -0.2) is 33.5 Å². The number of carbonyl (C=O) groups is 2. The highest BCUT2D eigenvalue weighted by Gasteiger charge is 2.69. The quantitative estimate of drug-likeness (QED) is 0.128. The molecule has 16 nitrogen and oxygen atoms in total. The van der Waals surface area contributed by atoms with Gasteiger partial charge in [-0.2, -0.15) is 18.2 Å². The molecule has 9 rings (SSSR count). The van der Waals surface area contributed by atoms with Gasteiger partial charge in [0.1, 0.15) is 11.4 Å². The molecule has 2 aliphatic heterocycles. The molecule has 1 saturated heterocycles. The molecule has 6 aromatic rings. The van der Waals surface area contributed by atoms with Crippen molar-refractivity contribution >= 4 is 63.5 Å². The topological polar surface area (TPSA) is 185 Å². The molecule has 1 saturated carbocycles. The molecule has 336 valence electrons. The molecule has 4 atom stereocenters. The zero-order chi connectivity index (χ0) is 46.4. The minimum atomic E-state index is -4.80. The Hall–Kier alpha value is -6.57. The van der Waals surface area contributed by atoms with E-state index in [0.717, 1.165) is 4.57 Å². The Kier molecular flexibility index (Phi) is 10.6. The molecule has 2 N–H and O–H groups in total. The van der Waals surface area contributed by atoms with Crippen LogP contribution in [0.1, 0.15) is 40.8 Å². The maximum absolute atomic E-state index is 15.4. The Labute approximate surface area is 379 Å². The fraction of sp³-hybridized carbons (Fsp3) is 0.279. The third kappa shape index (κ3) is 6.77. The number of aromatic hydroxyl groups is 1. The molecule has 0 spiro atoms. The average molecular weight is 954 g/mol. The Bertz CT molecular complexity index is 3220. The number of nitrogens with one attached hydrogen (secondary N) is 1. The van der Waals surface area contributed by atoms with E-state index in [0.29, 0.717) is 56.0 Å². The highest BCUT2D eigenvalue weighted by atomic mass is 35.5. The van der Waals surface area contributed by atoms with Crippen LogP contribution in [0.2, 0.25) is 15.1 Å². The van der Waals surface area contributed by atoms with Gasteiger partial charge in [-0.3, -0.25) is 19.8 Å². The van der Waals surface area contributed by atoms with Crippen molar-refractivity contribution in [2.75, 3.05) is 19.6 Å². The van der Waals surface area contributed by atoms with Crippen molar-refractivity contribution in [1.29, 1.82) is 0 Å². The highest BCUT2D eigenvalue weighted by molar-refractivity contribution is 6.33. The van der Waals surface area contributed by atoms with Crippen molar-refractivity contribution in [1.82, 2.24) is 33.5 Å². The van der Waals surface area contributed by atoms with Crippen molar-refractivity contribution < 1.29 is 37.3 Å². The lowest BCUT2D eigenvalue weighted by Crippen LogP contribution is -2.53. The Morgan fingerprint density at radius 2 is 1.63 bits per heavy atom. The summed E-state index contributed by atoms with van der Waals surface area (Å²) < 4.78 is 56.2. The van der Waals surface area contributed by atoms with Gasteiger partial charge in [-0.05, 0) is 53.5 Å². The minimum absolute atomic E-state index is 0.00356. The van der Waals surface area contributed by atoms with Gasteiger partial charge >= 0.3 is 17.6 Å². The normalized spacial score (nSPS) is 20.4. The number of benzene rings is 3. The first kappa shape index (κ1) is 43.7. The summed E-state index contributed by atoms with van der Waals surface area (Å²) in [7, 11) is 4.47. The van der Waals surface area contributed by atoms with Gasteiger partial charge in [0.25, 0.3) is 17.4 Å². The van der Waals surface area contributed by atoms with E-state index in [1.165, 1.54) is 58.5 Å². The second kappa shape index (κ2) is 15.8. The van der Waals surface area contributed by atoms with Gasteiger partial charge in [-0.15, -0.1) is 0 Å². The number of nitrogens with zero attached hydrogens (tertiary/aromatic N) is 7. The Morgan fingerprint density at radius 3 is 2.29 bits per heavy atom. The second-order valence-electron chi connectivity index (χ2n) is 15.7. The largest absolute Gasteiger partial charge is 0.508 e. The van der Waals surface area contributed by atoms with E-state index in [9.17, 15) is 37.5 Å². The number of rotatable bonds is 9. The number of carbonyl (C=O) groups excluding carboxylic acids is 2. The molecule has 0 radical (unpaired) electrons. The number of fused-ring (bicyclic) bond motifs is 5. The number of aryl methyl sites for hydroxylation is 2. The predicted molar refractivity (Wildman–Crippen MR) is 231 cm³/mol. The van der Waals surface area contributed by atoms with Crippen LogP contribution in [-0.4, -0.2) is 64.6 Å². The number of hydrogen-bond acceptors (Lipinski definition) is 11. The van der Waals surface area contributed by atoms with Gasteiger partial charge in [0.15, 0.2) is 17.3 Å². The van der Waals surface area contributed by atoms with E-state index in [-0.39, 0.29) is 48.0 Å². The highest BCUT2D eigenvalue weighted by Crippen LogP contribution is 2.62. The zero-order valence-corrected chi connectivity index (χ0v) is 36.5. The van der Waals surface area contributed by atoms with Crippen molar-refractivity contribution in [2.45, 2.75) is 49.5 Å². The number of phenolic OH excluding ortho intramolecular Hbond substituents is 1. The number of aromatic nitrogens is 6. The molecule has 1 aliphatic carbocycles. The first-order chi connectivity index (χ1) is 30.9. The number of amides is 2. The molecular weight excluding hydrogens is 920 g/mol. The van der Waals surface area contributed by atoms with Gasteiger partial charge in [0, 0.05) is 54.3 Å². The first-order valence-electron chi connectivity index (χ1n) is 19.8. The molecule has 65 heavy (non-hydrogen) atoms. The van der Waals surface area contributed by atoms with Crippen molar-refractivity contribution in [3.63, 3.8) is 0 Å². The summed E-state index contributed by atoms with van der Waals surface area (Å²) >= 11 is 19.5. The Balaban J connectivity index is 1.17. The lowest BCUT2D eigenvalue weighted by Gasteiger charge is -2.49. The van der Waals surface area contributed by atoms with Crippen LogP contribution in [0.4, 0.5) is 19.0 Å². The van der Waals surface area contributed by atoms with Crippen molar-refractivity contribution in [3.05, 3.63) is 147 Å². The third-order valence-electron chi connectivity index (χ3n) is 12.4. The summed E-state index contributed by atoms with van der Waals surface area (Å²) in [5.74, 6) is -4.15. The summed E-state index contributed by atoms with van der Waals surface area (Å²) in [6.07, 6.45) is -3.00. The number of hydrogen-bond donors (Lipinski definition) is 2. The summed E-state index contributed by atoms with van der Waals surface area (Å²) in [6.45, 7) is -0.442. The number of ether oxygens (including phenoxy) is 2. The molecular formula is C43H34Cl3F3N8O8. The van der Waals surface area contributed by atoms with Crippen molar-refractivity contribution in [2.24, 2.45) is 13.0 Å². The number of methoxy groups -OCH3 is 2. The van der Waals surface area contributed by atoms with Crippen LogP contribution in [-0.2, 0) is 47.7 Å². The lowest BCUT2D eigenvalue weighted by molar-refractivity contribution is -0.139. The van der Waals surface area contributed by atoms with Crippen LogP contribution < -0.4 is 31.8 Å². The first-order valence-corrected chi connectivity index (χ1v) is 20.9. The van der Waals surface area contributed by atoms with Crippen LogP contribution in [0.3, 0.4) is 0 Å². The van der Waals surface area contributed by atoms with Crippen molar-refractivity contribution in [3.8, 4) is 17.2 Å². The number of phenols is 1. The monoisotopic (exact) mass is 952 g/mol. The molecule has 2 fully saturated rings. The van der Waals surface area contributed by atoms with E-state index >= 15 is 4.79 Å². The van der Waals surface area contributed by atoms with Gasteiger partial charge < -0.3 is 19.1 Å². The molecule has 3 aromatic heterocycles. The molecule has 4 unspecified atom stereocenters. The summed E-state index contributed by atoms with van der Waals surface area (Å²) in [4.78, 5) is 81.1. The van der Waals surface area contributed by atoms with Gasteiger partial charge in [-0.1, -0.05) is 59.1 Å². The summed E-state index contributed by atoms with van der Waals surface area (Å²) in [5, 5.41) is 10.9.